The van der Waals surface area contributed by atoms with Gasteiger partial charge in [-0.2, -0.15) is 0 Å². The highest BCUT2D eigenvalue weighted by molar-refractivity contribution is 5.89. The van der Waals surface area contributed by atoms with Crippen LogP contribution in [0.4, 0.5) is 4.79 Å². The van der Waals surface area contributed by atoms with E-state index < -0.39 is 41.1 Å². The van der Waals surface area contributed by atoms with E-state index in [9.17, 15) is 14.4 Å². The van der Waals surface area contributed by atoms with E-state index in [2.05, 4.69) is 6.58 Å². The van der Waals surface area contributed by atoms with Crippen LogP contribution in [-0.4, -0.2) is 66.7 Å². The lowest BCUT2D eigenvalue weighted by Gasteiger charge is -2.38. The third-order valence-corrected chi connectivity index (χ3v) is 4.01. The topological polar surface area (TPSA) is 76.2 Å². The number of likely N-dealkylation sites (N-methyl/N-ethyl adjacent to an activating group) is 2. The average Bonchev–Trinajstić information content (AvgIpc) is 2.50. The SMILES string of the molecule is C=CC(C)(C)[C@@H](C(=O)OC)N(C)C(=O)[C@@H](C)N(C)C(=O)OC(C)(C)C. The fourth-order valence-electron chi connectivity index (χ4n) is 2.26. The molecule has 0 aromatic carbocycles. The molecule has 0 spiro atoms. The van der Waals surface area contributed by atoms with Crippen LogP contribution < -0.4 is 0 Å². The highest BCUT2D eigenvalue weighted by atomic mass is 16.6. The van der Waals surface area contributed by atoms with Gasteiger partial charge in [0.05, 0.1) is 7.11 Å². The van der Waals surface area contributed by atoms with Crippen molar-refractivity contribution in [3.8, 4) is 0 Å². The Balaban J connectivity index is 5.43. The van der Waals surface area contributed by atoms with Gasteiger partial charge >= 0.3 is 12.1 Å². The number of esters is 1. The van der Waals surface area contributed by atoms with E-state index in [-0.39, 0.29) is 0 Å². The van der Waals surface area contributed by atoms with Gasteiger partial charge in [0, 0.05) is 19.5 Å². The second-order valence-corrected chi connectivity index (χ2v) is 7.67. The fourth-order valence-corrected chi connectivity index (χ4v) is 2.26. The molecule has 0 N–H and O–H groups in total. The Kier molecular flexibility index (Phi) is 7.67. The van der Waals surface area contributed by atoms with E-state index in [1.165, 1.54) is 31.0 Å². The van der Waals surface area contributed by atoms with E-state index in [0.29, 0.717) is 0 Å². The van der Waals surface area contributed by atoms with Crippen LogP contribution in [0, 0.1) is 5.41 Å². The largest absolute Gasteiger partial charge is 0.467 e. The van der Waals surface area contributed by atoms with Crippen molar-refractivity contribution in [3.05, 3.63) is 12.7 Å². The number of ether oxygens (including phenoxy) is 2. The average molecular weight is 356 g/mol. The molecule has 2 atom stereocenters. The number of amides is 2. The molecule has 0 heterocycles. The standard InChI is InChI=1S/C18H32N2O5/c1-11-18(6,7)13(15(22)24-10)20(9)14(21)12(2)19(8)16(23)25-17(3,4)5/h11-13H,1H2,2-10H3/t12-,13-/m1/s1. The molecule has 7 nitrogen and oxygen atoms in total. The van der Waals surface area contributed by atoms with E-state index in [1.54, 1.807) is 47.6 Å². The first-order valence-corrected chi connectivity index (χ1v) is 8.13. The summed E-state index contributed by atoms with van der Waals surface area (Å²) in [6.07, 6.45) is 0.986. The Bertz CT molecular complexity index is 522. The smallest absolute Gasteiger partial charge is 0.410 e. The number of nitrogens with zero attached hydrogens (tertiary/aromatic N) is 2. The molecule has 0 fully saturated rings. The highest BCUT2D eigenvalue weighted by Gasteiger charge is 2.41. The van der Waals surface area contributed by atoms with Gasteiger partial charge < -0.3 is 14.4 Å². The molecular weight excluding hydrogens is 324 g/mol. The molecule has 0 aliphatic carbocycles. The fraction of sp³-hybridized carbons (Fsp3) is 0.722. The second kappa shape index (κ2) is 8.36. The van der Waals surface area contributed by atoms with Gasteiger partial charge in [-0.15, -0.1) is 6.58 Å². The first-order valence-electron chi connectivity index (χ1n) is 8.13. The zero-order valence-electron chi connectivity index (χ0n) is 16.9. The van der Waals surface area contributed by atoms with Gasteiger partial charge in [-0.1, -0.05) is 19.9 Å². The number of carbonyl (C=O) groups is 3. The van der Waals surface area contributed by atoms with Crippen molar-refractivity contribution in [2.45, 2.75) is 59.2 Å². The van der Waals surface area contributed by atoms with Crippen LogP contribution in [0.1, 0.15) is 41.5 Å². The van der Waals surface area contributed by atoms with Gasteiger partial charge in [0.25, 0.3) is 0 Å². The zero-order valence-corrected chi connectivity index (χ0v) is 16.9. The third kappa shape index (κ3) is 6.07. The molecule has 0 bridgehead atoms. The highest BCUT2D eigenvalue weighted by Crippen LogP contribution is 2.27. The van der Waals surface area contributed by atoms with Crippen molar-refractivity contribution in [3.63, 3.8) is 0 Å². The summed E-state index contributed by atoms with van der Waals surface area (Å²) in [5.74, 6) is -0.952. The maximum Gasteiger partial charge on any atom is 0.410 e. The maximum absolute atomic E-state index is 12.8. The molecule has 2 amide bonds. The van der Waals surface area contributed by atoms with Crippen LogP contribution in [-0.2, 0) is 19.1 Å². The van der Waals surface area contributed by atoms with E-state index in [4.69, 9.17) is 9.47 Å². The molecule has 0 aliphatic rings. The lowest BCUT2D eigenvalue weighted by molar-refractivity contribution is -0.157. The van der Waals surface area contributed by atoms with Crippen molar-refractivity contribution in [1.29, 1.82) is 0 Å². The Morgan fingerprint density at radius 3 is 1.88 bits per heavy atom. The second-order valence-electron chi connectivity index (χ2n) is 7.67. The van der Waals surface area contributed by atoms with Crippen LogP contribution in [0.2, 0.25) is 0 Å². The molecule has 7 heteroatoms. The van der Waals surface area contributed by atoms with Gasteiger partial charge in [0.15, 0.2) is 0 Å². The van der Waals surface area contributed by atoms with Gasteiger partial charge in [-0.05, 0) is 27.7 Å². The zero-order chi connectivity index (χ0) is 20.2. The van der Waals surface area contributed by atoms with Gasteiger partial charge in [-0.25, -0.2) is 9.59 Å². The van der Waals surface area contributed by atoms with Crippen molar-refractivity contribution >= 4 is 18.0 Å². The summed E-state index contributed by atoms with van der Waals surface area (Å²) in [5.41, 5.74) is -1.37. The van der Waals surface area contributed by atoms with Crippen LogP contribution in [0.3, 0.4) is 0 Å². The van der Waals surface area contributed by atoms with Crippen LogP contribution >= 0.6 is 0 Å². The predicted octanol–water partition coefficient (Wildman–Crippen LogP) is 2.45. The maximum atomic E-state index is 12.8. The molecule has 144 valence electrons. The van der Waals surface area contributed by atoms with Gasteiger partial charge in [0.1, 0.15) is 17.7 Å². The van der Waals surface area contributed by atoms with Crippen molar-refractivity contribution in [1.82, 2.24) is 9.80 Å². The molecule has 0 radical (unpaired) electrons. The molecule has 0 unspecified atom stereocenters. The molecular formula is C18H32N2O5. The number of carbonyl (C=O) groups excluding carboxylic acids is 3. The Labute approximate surface area is 150 Å². The first-order chi connectivity index (χ1) is 11.2. The van der Waals surface area contributed by atoms with Crippen LogP contribution in [0.15, 0.2) is 12.7 Å². The lowest BCUT2D eigenvalue weighted by Crippen LogP contribution is -2.56. The molecule has 0 rings (SSSR count). The lowest BCUT2D eigenvalue weighted by atomic mass is 9.83. The molecule has 0 saturated heterocycles. The van der Waals surface area contributed by atoms with Crippen LogP contribution in [0.5, 0.6) is 0 Å². The molecule has 0 saturated carbocycles. The Morgan fingerprint density at radius 2 is 1.52 bits per heavy atom. The number of hydrogen-bond acceptors (Lipinski definition) is 5. The molecule has 25 heavy (non-hydrogen) atoms. The van der Waals surface area contributed by atoms with Crippen molar-refractivity contribution in [2.24, 2.45) is 5.41 Å². The third-order valence-electron chi connectivity index (χ3n) is 4.01. The monoisotopic (exact) mass is 356 g/mol. The summed E-state index contributed by atoms with van der Waals surface area (Å²) in [7, 11) is 4.26. The summed E-state index contributed by atoms with van der Waals surface area (Å²) >= 11 is 0. The summed E-state index contributed by atoms with van der Waals surface area (Å²) in [4.78, 5) is 39.7. The van der Waals surface area contributed by atoms with E-state index in [1.807, 2.05) is 0 Å². The van der Waals surface area contributed by atoms with Crippen molar-refractivity contribution in [2.75, 3.05) is 21.2 Å². The normalized spacial score (nSPS) is 14.1. The summed E-state index contributed by atoms with van der Waals surface area (Å²) < 4.78 is 10.1. The Hall–Kier alpha value is -2.05. The van der Waals surface area contributed by atoms with E-state index in [0.717, 1.165) is 0 Å². The van der Waals surface area contributed by atoms with Gasteiger partial charge in [-0.3, -0.25) is 9.69 Å². The number of rotatable bonds is 6. The minimum atomic E-state index is -0.864. The number of methoxy groups -OCH3 is 1. The van der Waals surface area contributed by atoms with Crippen LogP contribution in [0.25, 0.3) is 0 Å². The minimum absolute atomic E-state index is 0.404. The molecule has 0 aromatic rings. The quantitative estimate of drug-likeness (QED) is 0.540. The molecule has 0 aliphatic heterocycles. The predicted molar refractivity (Wildman–Crippen MR) is 96.0 cm³/mol. The van der Waals surface area contributed by atoms with Gasteiger partial charge in [0.2, 0.25) is 5.91 Å². The summed E-state index contributed by atoms with van der Waals surface area (Å²) in [5, 5.41) is 0. The van der Waals surface area contributed by atoms with E-state index >= 15 is 0 Å². The summed E-state index contributed by atoms with van der Waals surface area (Å²) in [6.45, 7) is 14.1. The summed E-state index contributed by atoms with van der Waals surface area (Å²) in [6, 6.07) is -1.68. The number of hydrogen-bond donors (Lipinski definition) is 0. The van der Waals surface area contributed by atoms with Crippen molar-refractivity contribution < 1.29 is 23.9 Å². The first kappa shape index (κ1) is 22.9. The minimum Gasteiger partial charge on any atom is -0.467 e. The molecule has 0 aromatic heterocycles. The Morgan fingerprint density at radius 1 is 1.04 bits per heavy atom.